The fourth-order valence-corrected chi connectivity index (χ4v) is 2.76. The van der Waals surface area contributed by atoms with Crippen molar-refractivity contribution in [3.8, 4) is 0 Å². The number of anilines is 1. The average Bonchev–Trinajstić information content (AvgIpc) is 2.42. The van der Waals surface area contributed by atoms with Crippen molar-refractivity contribution < 1.29 is 4.74 Å². The van der Waals surface area contributed by atoms with Gasteiger partial charge in [-0.25, -0.2) is 9.97 Å². The predicted molar refractivity (Wildman–Crippen MR) is 81.8 cm³/mol. The van der Waals surface area contributed by atoms with Crippen LogP contribution in [0.25, 0.3) is 0 Å². The first-order chi connectivity index (χ1) is 9.67. The average molecular weight is 277 g/mol. The van der Waals surface area contributed by atoms with Crippen molar-refractivity contribution in [2.75, 3.05) is 11.9 Å². The number of aromatic nitrogens is 2. The number of hydrogen-bond acceptors (Lipinski definition) is 4. The lowest BCUT2D eigenvalue weighted by Crippen LogP contribution is -2.22. The Morgan fingerprint density at radius 2 is 2.20 bits per heavy atom. The van der Waals surface area contributed by atoms with E-state index in [0.29, 0.717) is 12.7 Å². The first-order valence-electron chi connectivity index (χ1n) is 7.87. The highest BCUT2D eigenvalue weighted by Gasteiger charge is 2.19. The Morgan fingerprint density at radius 1 is 1.35 bits per heavy atom. The van der Waals surface area contributed by atoms with E-state index in [9.17, 15) is 0 Å². The summed E-state index contributed by atoms with van der Waals surface area (Å²) in [5, 5.41) is 3.31. The molecule has 4 nitrogen and oxygen atoms in total. The zero-order valence-corrected chi connectivity index (χ0v) is 13.0. The number of nitrogens with zero attached hydrogens (tertiary/aromatic N) is 2. The molecular formula is C16H27N3O. The van der Waals surface area contributed by atoms with Crippen molar-refractivity contribution in [1.82, 2.24) is 9.97 Å². The van der Waals surface area contributed by atoms with E-state index in [1.807, 2.05) is 13.0 Å². The van der Waals surface area contributed by atoms with Crippen LogP contribution in [0.2, 0.25) is 0 Å². The highest BCUT2D eigenvalue weighted by atomic mass is 16.5. The Labute approximate surface area is 122 Å². The predicted octanol–water partition coefficient (Wildman–Crippen LogP) is 3.70. The minimum atomic E-state index is 0.384. The van der Waals surface area contributed by atoms with Gasteiger partial charge in [-0.15, -0.1) is 0 Å². The lowest BCUT2D eigenvalue weighted by Gasteiger charge is -2.26. The molecule has 1 N–H and O–H groups in total. The van der Waals surface area contributed by atoms with E-state index in [1.165, 1.54) is 25.7 Å². The maximum Gasteiger partial charge on any atom is 0.156 e. The number of nitrogens with one attached hydrogen (secondary N) is 1. The minimum absolute atomic E-state index is 0.384. The first-order valence-corrected chi connectivity index (χ1v) is 7.87. The van der Waals surface area contributed by atoms with Crippen LogP contribution in [0.5, 0.6) is 0 Å². The normalized spacial score (nSPS) is 22.8. The molecular weight excluding hydrogens is 250 g/mol. The standard InChI is InChI=1S/C16H27N3O/c1-4-8-17-15-10-13(3)18-16(19-15)11-20-14-7-5-6-12(2)9-14/h10,12,14H,4-9,11H2,1-3H3,(H,17,18,19). The molecule has 0 bridgehead atoms. The minimum Gasteiger partial charge on any atom is -0.370 e. The molecule has 0 amide bonds. The maximum atomic E-state index is 6.00. The van der Waals surface area contributed by atoms with Crippen LogP contribution in [-0.2, 0) is 11.3 Å². The van der Waals surface area contributed by atoms with E-state index >= 15 is 0 Å². The van der Waals surface area contributed by atoms with Gasteiger partial charge in [0.1, 0.15) is 12.4 Å². The van der Waals surface area contributed by atoms with Gasteiger partial charge in [-0.2, -0.15) is 0 Å². The van der Waals surface area contributed by atoms with Crippen molar-refractivity contribution >= 4 is 5.82 Å². The van der Waals surface area contributed by atoms with Gasteiger partial charge in [0.25, 0.3) is 0 Å². The van der Waals surface area contributed by atoms with Crippen LogP contribution in [0.3, 0.4) is 0 Å². The summed E-state index contributed by atoms with van der Waals surface area (Å²) in [5.74, 6) is 2.49. The Bertz CT molecular complexity index is 422. The zero-order valence-electron chi connectivity index (χ0n) is 13.0. The van der Waals surface area contributed by atoms with Gasteiger partial charge in [-0.1, -0.05) is 26.7 Å². The molecule has 1 saturated carbocycles. The van der Waals surface area contributed by atoms with Gasteiger partial charge in [-0.05, 0) is 32.1 Å². The highest BCUT2D eigenvalue weighted by molar-refractivity contribution is 5.35. The Hall–Kier alpha value is -1.16. The first kappa shape index (κ1) is 15.2. The van der Waals surface area contributed by atoms with E-state index in [2.05, 4.69) is 29.1 Å². The van der Waals surface area contributed by atoms with Gasteiger partial charge in [-0.3, -0.25) is 0 Å². The molecule has 2 unspecified atom stereocenters. The molecule has 4 heteroatoms. The second-order valence-electron chi connectivity index (χ2n) is 5.94. The molecule has 2 rings (SSSR count). The van der Waals surface area contributed by atoms with E-state index in [4.69, 9.17) is 4.74 Å². The van der Waals surface area contributed by atoms with Crippen LogP contribution in [0.1, 0.15) is 57.5 Å². The Morgan fingerprint density at radius 3 is 2.95 bits per heavy atom. The lowest BCUT2D eigenvalue weighted by atomic mass is 9.89. The topological polar surface area (TPSA) is 47.0 Å². The summed E-state index contributed by atoms with van der Waals surface area (Å²) in [6.07, 6.45) is 6.45. The highest BCUT2D eigenvalue weighted by Crippen LogP contribution is 2.26. The summed E-state index contributed by atoms with van der Waals surface area (Å²) in [6.45, 7) is 7.93. The zero-order chi connectivity index (χ0) is 14.4. The number of aryl methyl sites for hydroxylation is 1. The van der Waals surface area contributed by atoms with Crippen LogP contribution in [0, 0.1) is 12.8 Å². The largest absolute Gasteiger partial charge is 0.370 e. The maximum absolute atomic E-state index is 6.00. The molecule has 0 saturated heterocycles. The summed E-state index contributed by atoms with van der Waals surface area (Å²) in [5.41, 5.74) is 0.995. The molecule has 112 valence electrons. The molecule has 1 aromatic heterocycles. The van der Waals surface area contributed by atoms with Crippen molar-refractivity contribution in [1.29, 1.82) is 0 Å². The Balaban J connectivity index is 1.89. The molecule has 1 aliphatic rings. The van der Waals surface area contributed by atoms with Crippen molar-refractivity contribution in [2.24, 2.45) is 5.92 Å². The second kappa shape index (κ2) is 7.58. The van der Waals surface area contributed by atoms with Gasteiger partial charge in [0, 0.05) is 18.3 Å². The fourth-order valence-electron chi connectivity index (χ4n) is 2.76. The van der Waals surface area contributed by atoms with E-state index < -0.39 is 0 Å². The smallest absolute Gasteiger partial charge is 0.156 e. The molecule has 1 aliphatic carbocycles. The molecule has 1 fully saturated rings. The number of ether oxygens (including phenoxy) is 1. The van der Waals surface area contributed by atoms with Crippen LogP contribution in [0.15, 0.2) is 6.07 Å². The van der Waals surface area contributed by atoms with Gasteiger partial charge in [0.2, 0.25) is 0 Å². The van der Waals surface area contributed by atoms with Crippen molar-refractivity contribution in [3.05, 3.63) is 17.6 Å². The van der Waals surface area contributed by atoms with Crippen molar-refractivity contribution in [3.63, 3.8) is 0 Å². The summed E-state index contributed by atoms with van der Waals surface area (Å²) >= 11 is 0. The molecule has 0 spiro atoms. The van der Waals surface area contributed by atoms with Crippen LogP contribution >= 0.6 is 0 Å². The van der Waals surface area contributed by atoms with Gasteiger partial charge in [0.05, 0.1) is 6.10 Å². The third kappa shape index (κ3) is 4.75. The van der Waals surface area contributed by atoms with E-state index in [1.54, 1.807) is 0 Å². The van der Waals surface area contributed by atoms with Crippen LogP contribution < -0.4 is 5.32 Å². The van der Waals surface area contributed by atoms with Crippen molar-refractivity contribution in [2.45, 2.75) is 65.6 Å². The summed E-state index contributed by atoms with van der Waals surface area (Å²) in [7, 11) is 0. The molecule has 20 heavy (non-hydrogen) atoms. The molecule has 2 atom stereocenters. The summed E-state index contributed by atoms with van der Waals surface area (Å²) in [6, 6.07) is 1.99. The molecule has 1 heterocycles. The van der Waals surface area contributed by atoms with E-state index in [-0.39, 0.29) is 0 Å². The second-order valence-corrected chi connectivity index (χ2v) is 5.94. The SMILES string of the molecule is CCCNc1cc(C)nc(COC2CCCC(C)C2)n1. The summed E-state index contributed by atoms with van der Waals surface area (Å²) < 4.78 is 6.00. The van der Waals surface area contributed by atoms with E-state index in [0.717, 1.165) is 36.2 Å². The fraction of sp³-hybridized carbons (Fsp3) is 0.750. The third-order valence-electron chi connectivity index (χ3n) is 3.79. The molecule has 0 aromatic carbocycles. The molecule has 0 radical (unpaired) electrons. The lowest BCUT2D eigenvalue weighted by molar-refractivity contribution is 0.00161. The Kier molecular flexibility index (Phi) is 5.77. The molecule has 1 aromatic rings. The summed E-state index contributed by atoms with van der Waals surface area (Å²) in [4.78, 5) is 9.00. The van der Waals surface area contributed by atoms with Gasteiger partial charge >= 0.3 is 0 Å². The third-order valence-corrected chi connectivity index (χ3v) is 3.79. The van der Waals surface area contributed by atoms with Gasteiger partial charge < -0.3 is 10.1 Å². The van der Waals surface area contributed by atoms with Gasteiger partial charge in [0.15, 0.2) is 5.82 Å². The van der Waals surface area contributed by atoms with Crippen LogP contribution in [0.4, 0.5) is 5.82 Å². The molecule has 0 aliphatic heterocycles. The number of rotatable bonds is 6. The number of hydrogen-bond donors (Lipinski definition) is 1. The monoisotopic (exact) mass is 277 g/mol. The van der Waals surface area contributed by atoms with Crippen LogP contribution in [-0.4, -0.2) is 22.6 Å². The quantitative estimate of drug-likeness (QED) is 0.861.